The average molecular weight is 207 g/mol. The fraction of sp³-hybridized carbons (Fsp3) is 0.769. The molecule has 0 saturated heterocycles. The highest BCUT2D eigenvalue weighted by atomic mass is 16.1. The second-order valence-corrected chi connectivity index (χ2v) is 5.17. The maximum absolute atomic E-state index is 11.4. The molecule has 0 heterocycles. The van der Waals surface area contributed by atoms with Crippen LogP contribution in [0, 0.1) is 17.8 Å². The largest absolute Gasteiger partial charge is 0.288 e. The first-order valence-corrected chi connectivity index (χ1v) is 5.64. The minimum atomic E-state index is -0.189. The van der Waals surface area contributed by atoms with E-state index in [4.69, 9.17) is 0 Å². The van der Waals surface area contributed by atoms with Crippen molar-refractivity contribution < 1.29 is 4.79 Å². The van der Waals surface area contributed by atoms with Crippen molar-refractivity contribution in [2.45, 2.75) is 52.1 Å². The minimum Gasteiger partial charge on any atom is -0.288 e. The van der Waals surface area contributed by atoms with Crippen LogP contribution in [0.2, 0.25) is 0 Å². The fourth-order valence-corrected chi connectivity index (χ4v) is 1.37. The number of Topliss-reactive ketones (excluding diaryl/α,β-unsaturated/α-hetero) is 1. The molecule has 2 nitrogen and oxygen atoms in total. The zero-order valence-corrected chi connectivity index (χ0v) is 10.4. The number of ketones is 1. The van der Waals surface area contributed by atoms with Gasteiger partial charge in [0.2, 0.25) is 5.78 Å². The van der Waals surface area contributed by atoms with E-state index in [-0.39, 0.29) is 17.2 Å². The molecule has 0 aromatic rings. The van der Waals surface area contributed by atoms with Crippen LogP contribution in [0.15, 0.2) is 0 Å². The Bertz CT molecular complexity index is 302. The van der Waals surface area contributed by atoms with E-state index >= 15 is 0 Å². The molecule has 0 radical (unpaired) electrons. The van der Waals surface area contributed by atoms with Gasteiger partial charge in [-0.05, 0) is 39.7 Å². The molecular formula is C13H21NO. The Hall–Kier alpha value is -0.810. The van der Waals surface area contributed by atoms with E-state index in [0.29, 0.717) is 6.04 Å². The summed E-state index contributed by atoms with van der Waals surface area (Å²) in [6.07, 6.45) is 2.53. The highest BCUT2D eigenvalue weighted by Crippen LogP contribution is 2.30. The first kappa shape index (κ1) is 12.3. The molecule has 1 saturated carbocycles. The number of hydrogen-bond donors (Lipinski definition) is 0. The lowest BCUT2D eigenvalue weighted by Crippen LogP contribution is -2.41. The van der Waals surface area contributed by atoms with E-state index in [2.05, 4.69) is 37.6 Å². The quantitative estimate of drug-likeness (QED) is 0.521. The van der Waals surface area contributed by atoms with E-state index in [1.54, 1.807) is 0 Å². The zero-order chi connectivity index (χ0) is 11.6. The monoisotopic (exact) mass is 207 g/mol. The summed E-state index contributed by atoms with van der Waals surface area (Å²) in [6.45, 7) is 7.92. The fourth-order valence-electron chi connectivity index (χ4n) is 1.37. The van der Waals surface area contributed by atoms with Crippen LogP contribution in [0.4, 0.5) is 0 Å². The summed E-state index contributed by atoms with van der Waals surface area (Å²) in [4.78, 5) is 13.7. The summed E-state index contributed by atoms with van der Waals surface area (Å²) < 4.78 is 0. The molecule has 1 aliphatic carbocycles. The van der Waals surface area contributed by atoms with Crippen molar-refractivity contribution in [1.82, 2.24) is 4.90 Å². The molecule has 0 N–H and O–H groups in total. The zero-order valence-electron chi connectivity index (χ0n) is 10.4. The third-order valence-electron chi connectivity index (χ3n) is 2.99. The van der Waals surface area contributed by atoms with Gasteiger partial charge in [-0.2, -0.15) is 0 Å². The van der Waals surface area contributed by atoms with Gasteiger partial charge < -0.3 is 0 Å². The number of carbonyl (C=O) groups excluding carboxylic acids is 1. The van der Waals surface area contributed by atoms with Crippen molar-refractivity contribution in [3.05, 3.63) is 0 Å². The van der Waals surface area contributed by atoms with E-state index in [9.17, 15) is 4.79 Å². The summed E-state index contributed by atoms with van der Waals surface area (Å²) in [6, 6.07) is 0.670. The van der Waals surface area contributed by atoms with Crippen LogP contribution in [-0.4, -0.2) is 29.3 Å². The predicted octanol–water partition coefficient (Wildman–Crippen LogP) is 2.09. The first-order chi connectivity index (χ1) is 6.84. The summed E-state index contributed by atoms with van der Waals surface area (Å²) >= 11 is 0. The third kappa shape index (κ3) is 3.35. The molecule has 1 fully saturated rings. The lowest BCUT2D eigenvalue weighted by atomic mass is 10.0. The molecule has 0 aromatic heterocycles. The van der Waals surface area contributed by atoms with Gasteiger partial charge in [0.05, 0.1) is 5.54 Å². The molecule has 0 aromatic carbocycles. The van der Waals surface area contributed by atoms with E-state index < -0.39 is 0 Å². The van der Waals surface area contributed by atoms with Crippen LogP contribution in [0.1, 0.15) is 40.5 Å². The van der Waals surface area contributed by atoms with Crippen molar-refractivity contribution in [3.63, 3.8) is 0 Å². The second-order valence-electron chi connectivity index (χ2n) is 5.17. The molecule has 84 valence electrons. The molecule has 1 aliphatic rings. The van der Waals surface area contributed by atoms with Crippen molar-refractivity contribution in [1.29, 1.82) is 0 Å². The summed E-state index contributed by atoms with van der Waals surface area (Å²) in [7, 11) is 2.09. The Labute approximate surface area is 93.0 Å². The summed E-state index contributed by atoms with van der Waals surface area (Å²) in [5, 5.41) is 0. The summed E-state index contributed by atoms with van der Waals surface area (Å²) in [5.41, 5.74) is -0.189. The smallest absolute Gasteiger partial charge is 0.208 e. The standard InChI is InChI=1S/C13H21NO/c1-10(2)12(15)8-9-13(3,4)14(5)11-6-7-11/h10-11H,6-7H2,1-5H3. The molecule has 0 atom stereocenters. The Morgan fingerprint density at radius 3 is 2.33 bits per heavy atom. The van der Waals surface area contributed by atoms with Crippen molar-refractivity contribution in [3.8, 4) is 11.8 Å². The first-order valence-electron chi connectivity index (χ1n) is 5.64. The average Bonchev–Trinajstić information content (AvgIpc) is 2.96. The van der Waals surface area contributed by atoms with E-state index in [1.165, 1.54) is 12.8 Å². The Morgan fingerprint density at radius 2 is 1.93 bits per heavy atom. The van der Waals surface area contributed by atoms with Crippen LogP contribution in [0.25, 0.3) is 0 Å². The van der Waals surface area contributed by atoms with Gasteiger partial charge in [-0.1, -0.05) is 19.8 Å². The normalized spacial score (nSPS) is 16.5. The highest BCUT2D eigenvalue weighted by Gasteiger charge is 2.34. The molecule has 15 heavy (non-hydrogen) atoms. The molecule has 0 aliphatic heterocycles. The number of nitrogens with zero attached hydrogens (tertiary/aromatic N) is 1. The van der Waals surface area contributed by atoms with Crippen LogP contribution >= 0.6 is 0 Å². The second kappa shape index (κ2) is 4.37. The number of hydrogen-bond acceptors (Lipinski definition) is 2. The van der Waals surface area contributed by atoms with Gasteiger partial charge in [0, 0.05) is 12.0 Å². The molecule has 0 unspecified atom stereocenters. The molecular weight excluding hydrogens is 186 g/mol. The SMILES string of the molecule is CC(C)C(=O)C#CC(C)(C)N(C)C1CC1. The molecule has 0 amide bonds. The Balaban J connectivity index is 2.65. The van der Waals surface area contributed by atoms with Gasteiger partial charge in [-0.25, -0.2) is 0 Å². The van der Waals surface area contributed by atoms with Crippen LogP contribution in [0.5, 0.6) is 0 Å². The van der Waals surface area contributed by atoms with E-state index in [0.717, 1.165) is 0 Å². The van der Waals surface area contributed by atoms with Crippen LogP contribution in [-0.2, 0) is 4.79 Å². The Morgan fingerprint density at radius 1 is 1.40 bits per heavy atom. The molecule has 1 rings (SSSR count). The highest BCUT2D eigenvalue weighted by molar-refractivity contribution is 5.97. The topological polar surface area (TPSA) is 20.3 Å². The van der Waals surface area contributed by atoms with Crippen LogP contribution in [0.3, 0.4) is 0 Å². The molecule has 0 bridgehead atoms. The van der Waals surface area contributed by atoms with Gasteiger partial charge in [0.1, 0.15) is 0 Å². The molecule has 0 spiro atoms. The van der Waals surface area contributed by atoms with Gasteiger partial charge in [-0.15, -0.1) is 0 Å². The Kier molecular flexibility index (Phi) is 3.57. The van der Waals surface area contributed by atoms with Crippen molar-refractivity contribution in [2.24, 2.45) is 5.92 Å². The van der Waals surface area contributed by atoms with Gasteiger partial charge >= 0.3 is 0 Å². The maximum Gasteiger partial charge on any atom is 0.208 e. The van der Waals surface area contributed by atoms with Gasteiger partial charge in [0.15, 0.2) is 0 Å². The predicted molar refractivity (Wildman–Crippen MR) is 62.5 cm³/mol. The lowest BCUT2D eigenvalue weighted by molar-refractivity contribution is -0.116. The maximum atomic E-state index is 11.4. The van der Waals surface area contributed by atoms with E-state index in [1.807, 2.05) is 13.8 Å². The lowest BCUT2D eigenvalue weighted by Gasteiger charge is -2.30. The van der Waals surface area contributed by atoms with Crippen molar-refractivity contribution in [2.75, 3.05) is 7.05 Å². The number of carbonyl (C=O) groups is 1. The number of rotatable bonds is 3. The molecule has 2 heteroatoms. The minimum absolute atomic E-state index is 0.0135. The van der Waals surface area contributed by atoms with Gasteiger partial charge in [0.25, 0.3) is 0 Å². The third-order valence-corrected chi connectivity index (χ3v) is 2.99. The van der Waals surface area contributed by atoms with Crippen molar-refractivity contribution >= 4 is 5.78 Å². The summed E-state index contributed by atoms with van der Waals surface area (Å²) in [5.74, 6) is 5.89. The van der Waals surface area contributed by atoms with Gasteiger partial charge in [-0.3, -0.25) is 9.69 Å². The van der Waals surface area contributed by atoms with Crippen LogP contribution < -0.4 is 0 Å².